The summed E-state index contributed by atoms with van der Waals surface area (Å²) in [5.74, 6) is -0.568. The van der Waals surface area contributed by atoms with Crippen LogP contribution >= 0.6 is 11.6 Å². The number of hydrogen-bond donors (Lipinski definition) is 2. The summed E-state index contributed by atoms with van der Waals surface area (Å²) in [5, 5.41) is 5.96. The Bertz CT molecular complexity index is 822. The third kappa shape index (κ3) is 6.05. The van der Waals surface area contributed by atoms with Gasteiger partial charge in [-0.15, -0.1) is 0 Å². The Morgan fingerprint density at radius 3 is 2.50 bits per heavy atom. The van der Waals surface area contributed by atoms with Crippen molar-refractivity contribution in [2.45, 2.75) is 13.1 Å². The van der Waals surface area contributed by atoms with E-state index >= 15 is 0 Å². The molecular weight excluding hydrogens is 378 g/mol. The number of morpholine rings is 1. The monoisotopic (exact) mass is 401 g/mol. The molecule has 0 aromatic heterocycles. The second-order valence-electron chi connectivity index (χ2n) is 6.63. The van der Waals surface area contributed by atoms with Crippen molar-refractivity contribution in [3.8, 4) is 0 Å². The molecule has 148 valence electrons. The zero-order valence-corrected chi connectivity index (χ0v) is 16.4. The van der Waals surface area contributed by atoms with Crippen LogP contribution in [0.4, 0.5) is 0 Å². The van der Waals surface area contributed by atoms with Gasteiger partial charge in [-0.25, -0.2) is 0 Å². The Kier molecular flexibility index (Phi) is 7.42. The predicted octanol–water partition coefficient (Wildman–Crippen LogP) is 2.22. The molecule has 2 aromatic carbocycles. The normalized spacial score (nSPS) is 14.5. The predicted molar refractivity (Wildman–Crippen MR) is 108 cm³/mol. The second-order valence-corrected chi connectivity index (χ2v) is 7.06. The lowest BCUT2D eigenvalue weighted by Crippen LogP contribution is -2.37. The number of rotatable bonds is 7. The number of amides is 2. The quantitative estimate of drug-likeness (QED) is 0.746. The summed E-state index contributed by atoms with van der Waals surface area (Å²) in [5.41, 5.74) is 2.69. The minimum absolute atomic E-state index is 0.0863. The van der Waals surface area contributed by atoms with Crippen LogP contribution in [0, 0.1) is 0 Å². The van der Waals surface area contributed by atoms with E-state index in [1.165, 1.54) is 5.56 Å². The van der Waals surface area contributed by atoms with Gasteiger partial charge < -0.3 is 15.4 Å². The first kappa shape index (κ1) is 20.3. The van der Waals surface area contributed by atoms with Crippen LogP contribution in [0.5, 0.6) is 0 Å². The lowest BCUT2D eigenvalue weighted by atomic mass is 10.1. The van der Waals surface area contributed by atoms with E-state index in [4.69, 9.17) is 16.3 Å². The van der Waals surface area contributed by atoms with Crippen molar-refractivity contribution in [1.29, 1.82) is 0 Å². The molecule has 3 rings (SSSR count). The molecule has 0 saturated carbocycles. The van der Waals surface area contributed by atoms with E-state index in [1.54, 1.807) is 24.3 Å². The average molecular weight is 402 g/mol. The maximum atomic E-state index is 12.1. The molecule has 1 heterocycles. The number of nitrogens with zero attached hydrogens (tertiary/aromatic N) is 1. The van der Waals surface area contributed by atoms with Gasteiger partial charge in [-0.05, 0) is 29.3 Å². The van der Waals surface area contributed by atoms with Crippen LogP contribution in [-0.2, 0) is 22.6 Å². The Morgan fingerprint density at radius 2 is 1.75 bits per heavy atom. The molecule has 28 heavy (non-hydrogen) atoms. The van der Waals surface area contributed by atoms with Crippen molar-refractivity contribution >= 4 is 23.4 Å². The van der Waals surface area contributed by atoms with Gasteiger partial charge in [0.25, 0.3) is 5.91 Å². The molecule has 1 aliphatic heterocycles. The fourth-order valence-electron chi connectivity index (χ4n) is 3.03. The highest BCUT2D eigenvalue weighted by atomic mass is 35.5. The van der Waals surface area contributed by atoms with Crippen LogP contribution in [0.3, 0.4) is 0 Å². The number of hydrogen-bond acceptors (Lipinski definition) is 4. The van der Waals surface area contributed by atoms with E-state index in [1.807, 2.05) is 18.2 Å². The zero-order chi connectivity index (χ0) is 19.8. The number of benzene rings is 2. The van der Waals surface area contributed by atoms with Gasteiger partial charge in [0.15, 0.2) is 0 Å². The molecule has 0 spiro atoms. The Balaban J connectivity index is 1.48. The van der Waals surface area contributed by atoms with Crippen molar-refractivity contribution in [1.82, 2.24) is 15.5 Å². The van der Waals surface area contributed by atoms with Crippen molar-refractivity contribution in [2.24, 2.45) is 0 Å². The fourth-order valence-corrected chi connectivity index (χ4v) is 3.22. The molecule has 6 nitrogen and oxygen atoms in total. The summed E-state index contributed by atoms with van der Waals surface area (Å²) >= 11 is 5.88. The van der Waals surface area contributed by atoms with Gasteiger partial charge in [-0.1, -0.05) is 41.9 Å². The van der Waals surface area contributed by atoms with Gasteiger partial charge in [0.2, 0.25) is 5.91 Å². The van der Waals surface area contributed by atoms with Crippen molar-refractivity contribution in [3.05, 3.63) is 70.2 Å². The molecule has 1 fully saturated rings. The molecular formula is C21H24ClN3O3. The lowest BCUT2D eigenvalue weighted by Gasteiger charge is -2.27. The van der Waals surface area contributed by atoms with Crippen molar-refractivity contribution in [2.75, 3.05) is 32.8 Å². The van der Waals surface area contributed by atoms with Crippen LogP contribution in [0.25, 0.3) is 0 Å². The van der Waals surface area contributed by atoms with E-state index in [0.717, 1.165) is 38.4 Å². The van der Waals surface area contributed by atoms with E-state index in [9.17, 15) is 9.59 Å². The Morgan fingerprint density at radius 1 is 1.00 bits per heavy atom. The van der Waals surface area contributed by atoms with Gasteiger partial charge in [-0.2, -0.15) is 0 Å². The Labute approximate surface area is 169 Å². The molecule has 1 saturated heterocycles. The summed E-state index contributed by atoms with van der Waals surface area (Å²) in [6.45, 7) is 4.51. The first-order valence-corrected chi connectivity index (χ1v) is 9.67. The second kappa shape index (κ2) is 10.2. The standard InChI is InChI=1S/C21H24ClN3O3/c22-19-7-3-6-16(12-19)21(27)24-14-20(26)23-13-17-4-1-2-5-18(17)15-25-8-10-28-11-9-25/h1-7,12H,8-11,13-15H2,(H,23,26)(H,24,27). The summed E-state index contributed by atoms with van der Waals surface area (Å²) in [4.78, 5) is 26.6. The van der Waals surface area contributed by atoms with Crippen LogP contribution in [-0.4, -0.2) is 49.6 Å². The molecule has 0 aliphatic carbocycles. The van der Waals surface area contributed by atoms with Gasteiger partial charge in [-0.3, -0.25) is 14.5 Å². The van der Waals surface area contributed by atoms with Gasteiger partial charge in [0.1, 0.15) is 0 Å². The fraction of sp³-hybridized carbons (Fsp3) is 0.333. The molecule has 2 N–H and O–H groups in total. The highest BCUT2D eigenvalue weighted by Crippen LogP contribution is 2.13. The summed E-state index contributed by atoms with van der Waals surface area (Å²) < 4.78 is 5.39. The van der Waals surface area contributed by atoms with Crippen LogP contribution in [0.2, 0.25) is 5.02 Å². The molecule has 0 bridgehead atoms. The molecule has 7 heteroatoms. The van der Waals surface area contributed by atoms with Crippen LogP contribution in [0.1, 0.15) is 21.5 Å². The average Bonchev–Trinajstić information content (AvgIpc) is 2.72. The van der Waals surface area contributed by atoms with Crippen molar-refractivity contribution < 1.29 is 14.3 Å². The largest absolute Gasteiger partial charge is 0.379 e. The van der Waals surface area contributed by atoms with Crippen LogP contribution < -0.4 is 10.6 Å². The summed E-state index contributed by atoms with van der Waals surface area (Å²) in [7, 11) is 0. The molecule has 2 aromatic rings. The third-order valence-electron chi connectivity index (χ3n) is 4.59. The van der Waals surface area contributed by atoms with Gasteiger partial charge in [0.05, 0.1) is 19.8 Å². The van der Waals surface area contributed by atoms with Gasteiger partial charge in [0, 0.05) is 36.8 Å². The minimum atomic E-state index is -0.328. The molecule has 2 amide bonds. The first-order valence-electron chi connectivity index (χ1n) is 9.29. The maximum absolute atomic E-state index is 12.1. The number of nitrogens with one attached hydrogen (secondary N) is 2. The van der Waals surface area contributed by atoms with Crippen LogP contribution in [0.15, 0.2) is 48.5 Å². The minimum Gasteiger partial charge on any atom is -0.379 e. The number of ether oxygens (including phenoxy) is 1. The van der Waals surface area contributed by atoms with E-state index in [0.29, 0.717) is 17.1 Å². The SMILES string of the molecule is O=C(CNC(=O)c1cccc(Cl)c1)NCc1ccccc1CN1CCOCC1. The van der Waals surface area contributed by atoms with E-state index in [-0.39, 0.29) is 18.4 Å². The Hall–Kier alpha value is -2.41. The highest BCUT2D eigenvalue weighted by molar-refractivity contribution is 6.30. The first-order chi connectivity index (χ1) is 13.6. The molecule has 0 unspecified atom stereocenters. The molecule has 0 radical (unpaired) electrons. The zero-order valence-electron chi connectivity index (χ0n) is 15.6. The van der Waals surface area contributed by atoms with Gasteiger partial charge >= 0.3 is 0 Å². The topological polar surface area (TPSA) is 70.7 Å². The number of halogens is 1. The smallest absolute Gasteiger partial charge is 0.251 e. The van der Waals surface area contributed by atoms with Crippen molar-refractivity contribution in [3.63, 3.8) is 0 Å². The molecule has 0 atom stereocenters. The summed E-state index contributed by atoms with van der Waals surface area (Å²) in [6.07, 6.45) is 0. The highest BCUT2D eigenvalue weighted by Gasteiger charge is 2.13. The maximum Gasteiger partial charge on any atom is 0.251 e. The molecule has 1 aliphatic rings. The number of carbonyl (C=O) groups is 2. The third-order valence-corrected chi connectivity index (χ3v) is 4.82. The summed E-state index contributed by atoms with van der Waals surface area (Å²) in [6, 6.07) is 14.7. The number of carbonyl (C=O) groups excluding carboxylic acids is 2. The lowest BCUT2D eigenvalue weighted by molar-refractivity contribution is -0.120. The van der Waals surface area contributed by atoms with E-state index < -0.39 is 0 Å². The van der Waals surface area contributed by atoms with E-state index in [2.05, 4.69) is 21.6 Å².